The molecule has 2 aromatic carbocycles. The lowest BCUT2D eigenvalue weighted by molar-refractivity contribution is 0.0735. The molecule has 0 fully saturated rings. The number of thiazole rings is 1. The number of thiophene rings is 1. The highest BCUT2D eigenvalue weighted by Gasteiger charge is 2.14. The molecule has 6 nitrogen and oxygen atoms in total. The van der Waals surface area contributed by atoms with Crippen LogP contribution in [-0.4, -0.2) is 22.5 Å². The molecular formula is C22H14N2O4S2. The summed E-state index contributed by atoms with van der Waals surface area (Å²) in [7, 11) is 1.51. The SMILES string of the molecule is COc1cc(/C=c2\sc3nc4ccccc4n3c2=O)ccc1OC(=O)c1cccs1. The van der Waals surface area contributed by atoms with E-state index in [-0.39, 0.29) is 5.56 Å². The molecule has 0 spiro atoms. The number of carbonyl (C=O) groups is 1. The Kier molecular flexibility index (Phi) is 4.57. The molecule has 0 atom stereocenters. The minimum absolute atomic E-state index is 0.115. The van der Waals surface area contributed by atoms with Gasteiger partial charge in [-0.15, -0.1) is 11.3 Å². The van der Waals surface area contributed by atoms with Gasteiger partial charge in [0, 0.05) is 0 Å². The van der Waals surface area contributed by atoms with Crippen LogP contribution < -0.4 is 19.6 Å². The van der Waals surface area contributed by atoms with Crippen LogP contribution in [0.3, 0.4) is 0 Å². The molecule has 8 heteroatoms. The number of imidazole rings is 1. The first-order valence-electron chi connectivity index (χ1n) is 8.99. The van der Waals surface area contributed by atoms with Crippen molar-refractivity contribution in [3.63, 3.8) is 0 Å². The number of ether oxygens (including phenoxy) is 2. The molecule has 3 aromatic heterocycles. The van der Waals surface area contributed by atoms with Gasteiger partial charge in [-0.05, 0) is 47.4 Å². The van der Waals surface area contributed by atoms with E-state index in [1.165, 1.54) is 29.8 Å². The predicted molar refractivity (Wildman–Crippen MR) is 118 cm³/mol. The largest absolute Gasteiger partial charge is 0.493 e. The summed E-state index contributed by atoms with van der Waals surface area (Å²) < 4.78 is 13.0. The third-order valence-electron chi connectivity index (χ3n) is 4.56. The number of fused-ring (bicyclic) bond motifs is 3. The third kappa shape index (κ3) is 3.16. The van der Waals surface area contributed by atoms with Crippen molar-refractivity contribution < 1.29 is 14.3 Å². The monoisotopic (exact) mass is 434 g/mol. The first-order valence-corrected chi connectivity index (χ1v) is 10.7. The number of nitrogens with zero attached hydrogens (tertiary/aromatic N) is 2. The Morgan fingerprint density at radius 2 is 1.97 bits per heavy atom. The Hall–Kier alpha value is -3.49. The number of para-hydroxylation sites is 2. The van der Waals surface area contributed by atoms with Crippen molar-refractivity contribution in [2.75, 3.05) is 7.11 Å². The molecule has 148 valence electrons. The molecule has 0 N–H and O–H groups in total. The zero-order valence-corrected chi connectivity index (χ0v) is 17.3. The minimum Gasteiger partial charge on any atom is -0.493 e. The number of aromatic nitrogens is 2. The Labute approximate surface area is 178 Å². The molecule has 0 bridgehead atoms. The van der Waals surface area contributed by atoms with E-state index in [9.17, 15) is 9.59 Å². The second-order valence-corrected chi connectivity index (χ2v) is 8.37. The average Bonchev–Trinajstić information content (AvgIpc) is 3.47. The lowest BCUT2D eigenvalue weighted by Gasteiger charge is -2.09. The van der Waals surface area contributed by atoms with Gasteiger partial charge in [0.15, 0.2) is 16.5 Å². The van der Waals surface area contributed by atoms with Crippen LogP contribution in [-0.2, 0) is 0 Å². The maximum Gasteiger partial charge on any atom is 0.353 e. The van der Waals surface area contributed by atoms with E-state index in [0.29, 0.717) is 25.9 Å². The number of esters is 1. The summed E-state index contributed by atoms with van der Waals surface area (Å²) in [6.45, 7) is 0. The number of methoxy groups -OCH3 is 1. The van der Waals surface area contributed by atoms with Crippen molar-refractivity contribution in [1.29, 1.82) is 0 Å². The lowest BCUT2D eigenvalue weighted by atomic mass is 10.2. The highest BCUT2D eigenvalue weighted by molar-refractivity contribution is 7.15. The van der Waals surface area contributed by atoms with Gasteiger partial charge < -0.3 is 9.47 Å². The van der Waals surface area contributed by atoms with E-state index in [1.807, 2.05) is 29.6 Å². The molecule has 30 heavy (non-hydrogen) atoms. The van der Waals surface area contributed by atoms with Gasteiger partial charge in [-0.25, -0.2) is 14.2 Å². The number of carbonyl (C=O) groups excluding carboxylic acids is 1. The highest BCUT2D eigenvalue weighted by atomic mass is 32.1. The molecule has 0 radical (unpaired) electrons. The maximum atomic E-state index is 12.9. The van der Waals surface area contributed by atoms with E-state index in [1.54, 1.807) is 40.8 Å². The quantitative estimate of drug-likeness (QED) is 0.318. The molecule has 0 aliphatic heterocycles. The van der Waals surface area contributed by atoms with Gasteiger partial charge in [-0.1, -0.05) is 35.6 Å². The van der Waals surface area contributed by atoms with Crippen molar-refractivity contribution in [2.45, 2.75) is 0 Å². The molecular weight excluding hydrogens is 420 g/mol. The van der Waals surface area contributed by atoms with Gasteiger partial charge in [0.25, 0.3) is 5.56 Å². The first-order chi connectivity index (χ1) is 14.6. The van der Waals surface area contributed by atoms with Crippen molar-refractivity contribution in [1.82, 2.24) is 9.38 Å². The highest BCUT2D eigenvalue weighted by Crippen LogP contribution is 2.29. The minimum atomic E-state index is -0.437. The second-order valence-electron chi connectivity index (χ2n) is 6.41. The zero-order chi connectivity index (χ0) is 20.7. The average molecular weight is 434 g/mol. The van der Waals surface area contributed by atoms with E-state index in [2.05, 4.69) is 4.98 Å². The summed E-state index contributed by atoms with van der Waals surface area (Å²) in [5.74, 6) is 0.295. The van der Waals surface area contributed by atoms with Crippen LogP contribution in [0.1, 0.15) is 15.2 Å². The van der Waals surface area contributed by atoms with Crippen molar-refractivity contribution in [3.8, 4) is 11.5 Å². The molecule has 0 saturated carbocycles. The Morgan fingerprint density at radius 3 is 2.77 bits per heavy atom. The van der Waals surface area contributed by atoms with E-state index in [0.717, 1.165) is 16.6 Å². The van der Waals surface area contributed by atoms with Crippen LogP contribution in [0.4, 0.5) is 0 Å². The summed E-state index contributed by atoms with van der Waals surface area (Å²) in [5.41, 5.74) is 2.23. The van der Waals surface area contributed by atoms with Crippen LogP contribution in [0, 0.1) is 0 Å². The fraction of sp³-hybridized carbons (Fsp3) is 0.0455. The summed E-state index contributed by atoms with van der Waals surface area (Å²) in [5, 5.41) is 1.81. The van der Waals surface area contributed by atoms with Crippen LogP contribution in [0.2, 0.25) is 0 Å². The van der Waals surface area contributed by atoms with Crippen LogP contribution in [0.25, 0.3) is 22.1 Å². The van der Waals surface area contributed by atoms with Crippen LogP contribution >= 0.6 is 22.7 Å². The molecule has 0 aliphatic rings. The maximum absolute atomic E-state index is 12.9. The van der Waals surface area contributed by atoms with Crippen LogP contribution in [0.15, 0.2) is 64.8 Å². The summed E-state index contributed by atoms with van der Waals surface area (Å²) in [6, 6.07) is 16.2. The molecule has 0 unspecified atom stereocenters. The summed E-state index contributed by atoms with van der Waals surface area (Å²) in [4.78, 5) is 30.8. The zero-order valence-electron chi connectivity index (χ0n) is 15.7. The Morgan fingerprint density at radius 1 is 1.10 bits per heavy atom. The third-order valence-corrected chi connectivity index (χ3v) is 6.37. The number of benzene rings is 2. The summed E-state index contributed by atoms with van der Waals surface area (Å²) in [6.07, 6.45) is 1.78. The van der Waals surface area contributed by atoms with Crippen molar-refractivity contribution in [2.24, 2.45) is 0 Å². The standard InChI is InChI=1S/C22H14N2O4S2/c1-27-17-11-13(8-9-16(17)28-21(26)18-7-4-10-29-18)12-19-20(25)24-15-6-3-2-5-14(15)23-22(24)30-19/h2-12H,1H3/b19-12-. The normalized spacial score (nSPS) is 12.0. The lowest BCUT2D eigenvalue weighted by Crippen LogP contribution is -2.22. The van der Waals surface area contributed by atoms with E-state index in [4.69, 9.17) is 9.47 Å². The molecule has 3 heterocycles. The first kappa shape index (κ1) is 18.5. The fourth-order valence-electron chi connectivity index (χ4n) is 3.17. The molecule has 0 amide bonds. The Bertz CT molecular complexity index is 1500. The number of hydrogen-bond acceptors (Lipinski definition) is 7. The van der Waals surface area contributed by atoms with E-state index >= 15 is 0 Å². The smallest absolute Gasteiger partial charge is 0.353 e. The summed E-state index contributed by atoms with van der Waals surface area (Å²) >= 11 is 2.64. The molecule has 0 aliphatic carbocycles. The van der Waals surface area contributed by atoms with Crippen molar-refractivity contribution in [3.05, 3.63) is 85.3 Å². The van der Waals surface area contributed by atoms with Gasteiger partial charge in [-0.2, -0.15) is 0 Å². The molecule has 0 saturated heterocycles. The number of hydrogen-bond donors (Lipinski definition) is 0. The van der Waals surface area contributed by atoms with Crippen molar-refractivity contribution >= 4 is 50.7 Å². The van der Waals surface area contributed by atoms with Gasteiger partial charge in [-0.3, -0.25) is 4.79 Å². The second kappa shape index (κ2) is 7.40. The number of rotatable bonds is 4. The molecule has 5 aromatic rings. The topological polar surface area (TPSA) is 69.9 Å². The Balaban J connectivity index is 1.53. The fourth-order valence-corrected chi connectivity index (χ4v) is 4.75. The molecule has 5 rings (SSSR count). The van der Waals surface area contributed by atoms with Gasteiger partial charge >= 0.3 is 5.97 Å². The van der Waals surface area contributed by atoms with Gasteiger partial charge in [0.05, 0.1) is 22.7 Å². The van der Waals surface area contributed by atoms with Crippen LogP contribution in [0.5, 0.6) is 11.5 Å². The van der Waals surface area contributed by atoms with E-state index < -0.39 is 5.97 Å². The van der Waals surface area contributed by atoms with Gasteiger partial charge in [0.1, 0.15) is 4.88 Å². The predicted octanol–water partition coefficient (Wildman–Crippen LogP) is 3.75. The van der Waals surface area contributed by atoms with Gasteiger partial charge in [0.2, 0.25) is 0 Å².